The van der Waals surface area contributed by atoms with Crippen LogP contribution in [0.2, 0.25) is 0 Å². The van der Waals surface area contributed by atoms with Gasteiger partial charge in [-0.3, -0.25) is 0 Å². The standard InChI is InChI=1S/C16H20N4O2/c1-2-14(21)8-9-17-16(22)20-13-10-18-15(19-11-13)12-6-4-3-5-7-12/h3-7,10-11,14,21H,2,8-9H2,1H3,(H2,17,20,22). The van der Waals surface area contributed by atoms with Crippen LogP contribution in [-0.2, 0) is 0 Å². The molecule has 0 radical (unpaired) electrons. The molecule has 6 heteroatoms. The number of aromatic nitrogens is 2. The van der Waals surface area contributed by atoms with Crippen LogP contribution < -0.4 is 10.6 Å². The smallest absolute Gasteiger partial charge is 0.319 e. The van der Waals surface area contributed by atoms with Gasteiger partial charge in [0.2, 0.25) is 0 Å². The first-order chi connectivity index (χ1) is 10.7. The van der Waals surface area contributed by atoms with Crippen molar-refractivity contribution in [2.75, 3.05) is 11.9 Å². The number of aliphatic hydroxyl groups is 1. The van der Waals surface area contributed by atoms with Gasteiger partial charge in [0.1, 0.15) is 0 Å². The first-order valence-corrected chi connectivity index (χ1v) is 7.29. The number of benzene rings is 1. The molecule has 2 amide bonds. The summed E-state index contributed by atoms with van der Waals surface area (Å²) in [5, 5.41) is 14.7. The van der Waals surface area contributed by atoms with Crippen molar-refractivity contribution >= 4 is 11.7 Å². The molecule has 1 atom stereocenters. The maximum absolute atomic E-state index is 11.7. The van der Waals surface area contributed by atoms with Crippen molar-refractivity contribution in [1.82, 2.24) is 15.3 Å². The van der Waals surface area contributed by atoms with E-state index in [2.05, 4.69) is 20.6 Å². The molecule has 0 saturated heterocycles. The van der Waals surface area contributed by atoms with Crippen molar-refractivity contribution in [2.24, 2.45) is 0 Å². The van der Waals surface area contributed by atoms with Crippen LogP contribution in [0.5, 0.6) is 0 Å². The Morgan fingerprint density at radius 1 is 1.23 bits per heavy atom. The highest BCUT2D eigenvalue weighted by Crippen LogP contribution is 2.14. The van der Waals surface area contributed by atoms with Gasteiger partial charge >= 0.3 is 6.03 Å². The quantitative estimate of drug-likeness (QED) is 0.764. The van der Waals surface area contributed by atoms with E-state index >= 15 is 0 Å². The fourth-order valence-corrected chi connectivity index (χ4v) is 1.86. The van der Waals surface area contributed by atoms with Crippen LogP contribution in [0, 0.1) is 0 Å². The largest absolute Gasteiger partial charge is 0.393 e. The van der Waals surface area contributed by atoms with Crippen LogP contribution in [-0.4, -0.2) is 33.8 Å². The molecule has 1 unspecified atom stereocenters. The molecule has 2 aromatic rings. The van der Waals surface area contributed by atoms with Gasteiger partial charge in [0.15, 0.2) is 5.82 Å². The molecule has 2 rings (SSSR count). The van der Waals surface area contributed by atoms with Crippen molar-refractivity contribution in [3.63, 3.8) is 0 Å². The molecule has 0 saturated carbocycles. The molecule has 116 valence electrons. The van der Waals surface area contributed by atoms with E-state index in [0.717, 1.165) is 5.56 Å². The number of aliphatic hydroxyl groups excluding tert-OH is 1. The summed E-state index contributed by atoms with van der Waals surface area (Å²) in [6, 6.07) is 9.28. The maximum Gasteiger partial charge on any atom is 0.319 e. The Labute approximate surface area is 129 Å². The Bertz CT molecular complexity index is 587. The molecule has 0 aliphatic heterocycles. The highest BCUT2D eigenvalue weighted by atomic mass is 16.3. The van der Waals surface area contributed by atoms with Gasteiger partial charge in [-0.1, -0.05) is 37.3 Å². The third-order valence-electron chi connectivity index (χ3n) is 3.18. The lowest BCUT2D eigenvalue weighted by atomic mass is 10.2. The molecular weight excluding hydrogens is 280 g/mol. The second-order valence-electron chi connectivity index (χ2n) is 4.89. The first kappa shape index (κ1) is 15.9. The summed E-state index contributed by atoms with van der Waals surface area (Å²) in [6.45, 7) is 2.32. The molecule has 6 nitrogen and oxygen atoms in total. The SMILES string of the molecule is CCC(O)CCNC(=O)Nc1cnc(-c2ccccc2)nc1. The van der Waals surface area contributed by atoms with Gasteiger partial charge in [-0.15, -0.1) is 0 Å². The Morgan fingerprint density at radius 3 is 2.55 bits per heavy atom. The second kappa shape index (κ2) is 8.09. The van der Waals surface area contributed by atoms with E-state index < -0.39 is 0 Å². The van der Waals surface area contributed by atoms with Crippen LogP contribution in [0.1, 0.15) is 19.8 Å². The van der Waals surface area contributed by atoms with Gasteiger partial charge in [-0.05, 0) is 12.8 Å². The van der Waals surface area contributed by atoms with Gasteiger partial charge in [0.25, 0.3) is 0 Å². The van der Waals surface area contributed by atoms with Gasteiger partial charge in [-0.2, -0.15) is 0 Å². The van der Waals surface area contributed by atoms with E-state index in [0.29, 0.717) is 30.9 Å². The van der Waals surface area contributed by atoms with Crippen LogP contribution in [0.15, 0.2) is 42.7 Å². The summed E-state index contributed by atoms with van der Waals surface area (Å²) >= 11 is 0. The van der Waals surface area contributed by atoms with Crippen LogP contribution >= 0.6 is 0 Å². The molecule has 3 N–H and O–H groups in total. The fourth-order valence-electron chi connectivity index (χ4n) is 1.86. The van der Waals surface area contributed by atoms with E-state index in [1.807, 2.05) is 37.3 Å². The molecule has 22 heavy (non-hydrogen) atoms. The van der Waals surface area contributed by atoms with Crippen molar-refractivity contribution in [2.45, 2.75) is 25.9 Å². The molecular formula is C16H20N4O2. The van der Waals surface area contributed by atoms with Gasteiger partial charge in [0, 0.05) is 12.1 Å². The summed E-state index contributed by atoms with van der Waals surface area (Å²) in [5.74, 6) is 0.609. The Kier molecular flexibility index (Phi) is 5.85. The molecule has 1 aromatic carbocycles. The van der Waals surface area contributed by atoms with E-state index in [9.17, 15) is 9.90 Å². The average molecular weight is 300 g/mol. The van der Waals surface area contributed by atoms with E-state index in [-0.39, 0.29) is 12.1 Å². The predicted molar refractivity (Wildman–Crippen MR) is 85.4 cm³/mol. The molecule has 0 spiro atoms. The number of nitrogens with one attached hydrogen (secondary N) is 2. The number of amides is 2. The maximum atomic E-state index is 11.7. The summed E-state index contributed by atoms with van der Waals surface area (Å²) in [6.07, 6.45) is 3.96. The minimum Gasteiger partial charge on any atom is -0.393 e. The molecule has 0 aliphatic rings. The number of urea groups is 1. The third kappa shape index (κ3) is 4.82. The van der Waals surface area contributed by atoms with E-state index in [1.165, 1.54) is 0 Å². The zero-order chi connectivity index (χ0) is 15.8. The van der Waals surface area contributed by atoms with Crippen molar-refractivity contribution in [1.29, 1.82) is 0 Å². The Morgan fingerprint density at radius 2 is 1.91 bits per heavy atom. The number of carbonyl (C=O) groups excluding carboxylic acids is 1. The van der Waals surface area contributed by atoms with Crippen molar-refractivity contribution in [3.05, 3.63) is 42.7 Å². The number of hydrogen-bond donors (Lipinski definition) is 3. The fraction of sp³-hybridized carbons (Fsp3) is 0.312. The number of rotatable bonds is 6. The van der Waals surface area contributed by atoms with Crippen LogP contribution in [0.3, 0.4) is 0 Å². The third-order valence-corrected chi connectivity index (χ3v) is 3.18. The minimum absolute atomic E-state index is 0.334. The van der Waals surface area contributed by atoms with Gasteiger partial charge in [-0.25, -0.2) is 14.8 Å². The topological polar surface area (TPSA) is 87.1 Å². The van der Waals surface area contributed by atoms with Crippen LogP contribution in [0.4, 0.5) is 10.5 Å². The average Bonchev–Trinajstić information content (AvgIpc) is 2.56. The van der Waals surface area contributed by atoms with Gasteiger partial charge in [0.05, 0.1) is 24.2 Å². The normalized spacial score (nSPS) is 11.7. The number of hydrogen-bond acceptors (Lipinski definition) is 4. The lowest BCUT2D eigenvalue weighted by Crippen LogP contribution is -2.31. The lowest BCUT2D eigenvalue weighted by Gasteiger charge is -2.10. The summed E-state index contributed by atoms with van der Waals surface area (Å²) in [5.41, 5.74) is 1.44. The lowest BCUT2D eigenvalue weighted by molar-refractivity contribution is 0.160. The minimum atomic E-state index is -0.381. The summed E-state index contributed by atoms with van der Waals surface area (Å²) < 4.78 is 0. The molecule has 1 aromatic heterocycles. The number of anilines is 1. The monoisotopic (exact) mass is 300 g/mol. The number of nitrogens with zero attached hydrogens (tertiary/aromatic N) is 2. The first-order valence-electron chi connectivity index (χ1n) is 7.29. The molecule has 0 fully saturated rings. The highest BCUT2D eigenvalue weighted by Gasteiger charge is 2.05. The zero-order valence-corrected chi connectivity index (χ0v) is 12.5. The van der Waals surface area contributed by atoms with Gasteiger partial charge < -0.3 is 15.7 Å². The summed E-state index contributed by atoms with van der Waals surface area (Å²) in [4.78, 5) is 20.1. The Hall–Kier alpha value is -2.47. The van der Waals surface area contributed by atoms with E-state index in [1.54, 1.807) is 12.4 Å². The summed E-state index contributed by atoms with van der Waals surface area (Å²) in [7, 11) is 0. The molecule has 0 bridgehead atoms. The van der Waals surface area contributed by atoms with Crippen molar-refractivity contribution in [3.8, 4) is 11.4 Å². The molecule has 0 aliphatic carbocycles. The van der Waals surface area contributed by atoms with Crippen molar-refractivity contribution < 1.29 is 9.90 Å². The highest BCUT2D eigenvalue weighted by molar-refractivity contribution is 5.88. The van der Waals surface area contributed by atoms with E-state index in [4.69, 9.17) is 0 Å². The number of carbonyl (C=O) groups is 1. The van der Waals surface area contributed by atoms with Crippen LogP contribution in [0.25, 0.3) is 11.4 Å². The second-order valence-corrected chi connectivity index (χ2v) is 4.89. The Balaban J connectivity index is 1.85. The molecule has 1 heterocycles. The predicted octanol–water partition coefficient (Wildman–Crippen LogP) is 2.43. The zero-order valence-electron chi connectivity index (χ0n) is 12.5.